The molecule has 2 aliphatic heterocycles. The second-order valence-electron chi connectivity index (χ2n) is 10.5. The van der Waals surface area contributed by atoms with Gasteiger partial charge in [-0.3, -0.25) is 0 Å². The molecule has 0 saturated carbocycles. The fourth-order valence-corrected chi connectivity index (χ4v) is 6.68. The Balaban J connectivity index is 1.53. The number of hydrogen-bond donors (Lipinski definition) is 3. The van der Waals surface area contributed by atoms with Crippen LogP contribution >= 0.6 is 0 Å². The number of nitrogens with zero attached hydrogens (tertiary/aromatic N) is 2. The van der Waals surface area contributed by atoms with E-state index in [9.17, 15) is 18.3 Å². The summed E-state index contributed by atoms with van der Waals surface area (Å²) in [5.74, 6) is -0.0832. The molecule has 12 heteroatoms. The maximum absolute atomic E-state index is 13.7. The molecule has 0 radical (unpaired) electrons. The zero-order chi connectivity index (χ0) is 28.7. The van der Waals surface area contributed by atoms with Gasteiger partial charge in [-0.1, -0.05) is 61.5 Å². The summed E-state index contributed by atoms with van der Waals surface area (Å²) in [7, 11) is -4.04. The number of rotatable bonds is 12. The van der Waals surface area contributed by atoms with Gasteiger partial charge in [-0.2, -0.15) is 4.31 Å². The van der Waals surface area contributed by atoms with Gasteiger partial charge in [0.1, 0.15) is 6.10 Å². The lowest BCUT2D eigenvalue weighted by molar-refractivity contribution is -0.0907. The van der Waals surface area contributed by atoms with Gasteiger partial charge in [-0.05, 0) is 42.0 Å². The Morgan fingerprint density at radius 1 is 1.18 bits per heavy atom. The number of alkyl carbamates (subject to hydrolysis) is 1. The second-order valence-corrected chi connectivity index (χ2v) is 12.4. The Morgan fingerprint density at radius 3 is 2.67 bits per heavy atom. The standard InChI is InChI=1S/C28H37N3O8S/c1-19(2)16-31(40(35,36)22-10-6-9-21(13-22)15-29-34)17-25(32)24(14-20-7-4-3-5-8-20)30-28(33)39-26-18-38-27-23(26)11-12-37-27/h3-10,13,15,19,23-27,32,34H,11-12,14,16-18H2,1-2H3,(H,30,33)/b29-15+/t23?,24-,25+,26-,27+/m0/s1. The first kappa shape index (κ1) is 29.9. The first-order valence-electron chi connectivity index (χ1n) is 13.4. The summed E-state index contributed by atoms with van der Waals surface area (Å²) in [5, 5.41) is 26.0. The van der Waals surface area contributed by atoms with Crippen LogP contribution in [0.2, 0.25) is 0 Å². The van der Waals surface area contributed by atoms with Crippen LogP contribution in [0.15, 0.2) is 64.6 Å². The molecule has 2 aromatic rings. The van der Waals surface area contributed by atoms with Crippen molar-refractivity contribution in [1.82, 2.24) is 9.62 Å². The number of benzene rings is 2. The van der Waals surface area contributed by atoms with E-state index in [0.29, 0.717) is 12.2 Å². The Hall–Kier alpha value is -3.03. The van der Waals surface area contributed by atoms with Gasteiger partial charge in [-0.15, -0.1) is 0 Å². The molecule has 218 valence electrons. The van der Waals surface area contributed by atoms with E-state index >= 15 is 0 Å². The van der Waals surface area contributed by atoms with Crippen LogP contribution in [0.3, 0.4) is 0 Å². The molecule has 2 aromatic carbocycles. The summed E-state index contributed by atoms with van der Waals surface area (Å²) in [6.45, 7) is 4.41. The Morgan fingerprint density at radius 2 is 1.95 bits per heavy atom. The van der Waals surface area contributed by atoms with Crippen molar-refractivity contribution < 1.29 is 37.7 Å². The fraction of sp³-hybridized carbons (Fsp3) is 0.500. The van der Waals surface area contributed by atoms with Crippen molar-refractivity contribution in [2.45, 2.75) is 56.1 Å². The Labute approximate surface area is 234 Å². The molecule has 0 aliphatic carbocycles. The molecule has 0 bridgehead atoms. The number of aliphatic hydroxyl groups is 1. The highest BCUT2D eigenvalue weighted by Gasteiger charge is 2.44. The van der Waals surface area contributed by atoms with Crippen molar-refractivity contribution in [1.29, 1.82) is 0 Å². The maximum Gasteiger partial charge on any atom is 0.407 e. The minimum absolute atomic E-state index is 0.000650. The normalized spacial score (nSPS) is 22.5. The zero-order valence-corrected chi connectivity index (χ0v) is 23.4. The Kier molecular flexibility index (Phi) is 10.1. The number of sulfonamides is 1. The van der Waals surface area contributed by atoms with Crippen molar-refractivity contribution in [3.63, 3.8) is 0 Å². The molecule has 0 aromatic heterocycles. The molecule has 0 spiro atoms. The molecule has 4 rings (SSSR count). The second kappa shape index (κ2) is 13.6. The van der Waals surface area contributed by atoms with Crippen molar-refractivity contribution in [2.24, 2.45) is 17.0 Å². The summed E-state index contributed by atoms with van der Waals surface area (Å²) in [6.07, 6.45) is -0.685. The number of nitrogens with one attached hydrogen (secondary N) is 1. The molecular formula is C28H37N3O8S. The third-order valence-corrected chi connectivity index (χ3v) is 8.80. The van der Waals surface area contributed by atoms with E-state index in [-0.39, 0.29) is 49.1 Å². The molecule has 1 amide bonds. The molecule has 5 atom stereocenters. The van der Waals surface area contributed by atoms with Crippen LogP contribution in [0.1, 0.15) is 31.4 Å². The summed E-state index contributed by atoms with van der Waals surface area (Å²) < 4.78 is 45.3. The van der Waals surface area contributed by atoms with E-state index in [1.807, 2.05) is 44.2 Å². The smallest absolute Gasteiger partial charge is 0.407 e. The highest BCUT2D eigenvalue weighted by atomic mass is 32.2. The van der Waals surface area contributed by atoms with Gasteiger partial charge in [0.15, 0.2) is 6.29 Å². The summed E-state index contributed by atoms with van der Waals surface area (Å²) in [5.41, 5.74) is 1.26. The monoisotopic (exact) mass is 575 g/mol. The average molecular weight is 576 g/mol. The van der Waals surface area contributed by atoms with Gasteiger partial charge >= 0.3 is 6.09 Å². The quantitative estimate of drug-likeness (QED) is 0.199. The minimum Gasteiger partial charge on any atom is -0.443 e. The van der Waals surface area contributed by atoms with Crippen molar-refractivity contribution in [2.75, 3.05) is 26.3 Å². The van der Waals surface area contributed by atoms with E-state index in [1.54, 1.807) is 12.1 Å². The number of ether oxygens (including phenoxy) is 3. The minimum atomic E-state index is -4.04. The largest absolute Gasteiger partial charge is 0.443 e. The van der Waals surface area contributed by atoms with Gasteiger partial charge in [0, 0.05) is 13.1 Å². The fourth-order valence-electron chi connectivity index (χ4n) is 5.01. The van der Waals surface area contributed by atoms with E-state index in [0.717, 1.165) is 18.2 Å². The van der Waals surface area contributed by atoms with Crippen LogP contribution in [0.25, 0.3) is 0 Å². The number of amides is 1. The van der Waals surface area contributed by atoms with E-state index in [4.69, 9.17) is 19.4 Å². The van der Waals surface area contributed by atoms with Crippen LogP contribution in [0.4, 0.5) is 4.79 Å². The third kappa shape index (κ3) is 7.58. The SMILES string of the molecule is CC(C)CN(C[C@@H](O)[C@H](Cc1ccccc1)NC(=O)O[C@H]1CO[C@H]2OCCC21)S(=O)(=O)c1cccc(/C=N/O)c1. The number of fused-ring (bicyclic) bond motifs is 1. The van der Waals surface area contributed by atoms with Gasteiger partial charge in [0.2, 0.25) is 10.0 Å². The van der Waals surface area contributed by atoms with Gasteiger partial charge in [0.05, 0.1) is 42.4 Å². The van der Waals surface area contributed by atoms with E-state index in [1.165, 1.54) is 16.4 Å². The molecule has 40 heavy (non-hydrogen) atoms. The number of oxime groups is 1. The molecule has 2 aliphatic rings. The lowest BCUT2D eigenvalue weighted by atomic mass is 10.0. The van der Waals surface area contributed by atoms with Crippen LogP contribution in [0, 0.1) is 11.8 Å². The number of carbonyl (C=O) groups excluding carboxylic acids is 1. The van der Waals surface area contributed by atoms with Crippen molar-refractivity contribution >= 4 is 22.3 Å². The van der Waals surface area contributed by atoms with Crippen LogP contribution in [-0.2, 0) is 30.7 Å². The first-order chi connectivity index (χ1) is 19.2. The number of aliphatic hydroxyl groups excluding tert-OH is 1. The molecular weight excluding hydrogens is 538 g/mol. The number of hydrogen-bond acceptors (Lipinski definition) is 9. The molecule has 2 heterocycles. The van der Waals surface area contributed by atoms with Crippen LogP contribution < -0.4 is 5.32 Å². The molecule has 1 unspecified atom stereocenters. The van der Waals surface area contributed by atoms with Gasteiger partial charge in [0.25, 0.3) is 0 Å². The zero-order valence-electron chi connectivity index (χ0n) is 22.6. The van der Waals surface area contributed by atoms with Gasteiger partial charge < -0.3 is 29.8 Å². The predicted molar refractivity (Wildman–Crippen MR) is 147 cm³/mol. The summed E-state index contributed by atoms with van der Waals surface area (Å²) in [6, 6.07) is 14.5. The Bertz CT molecular complexity index is 1260. The average Bonchev–Trinajstić information content (AvgIpc) is 3.54. The van der Waals surface area contributed by atoms with E-state index < -0.39 is 34.4 Å². The topological polar surface area (TPSA) is 147 Å². The maximum atomic E-state index is 13.7. The highest BCUT2D eigenvalue weighted by Crippen LogP contribution is 2.33. The predicted octanol–water partition coefficient (Wildman–Crippen LogP) is 2.60. The summed E-state index contributed by atoms with van der Waals surface area (Å²) >= 11 is 0. The van der Waals surface area contributed by atoms with Crippen molar-refractivity contribution in [3.05, 3.63) is 65.7 Å². The molecule has 2 saturated heterocycles. The van der Waals surface area contributed by atoms with Crippen LogP contribution in [0.5, 0.6) is 0 Å². The number of carbonyl (C=O) groups is 1. The lowest BCUT2D eigenvalue weighted by Crippen LogP contribution is -2.51. The van der Waals surface area contributed by atoms with Crippen molar-refractivity contribution in [3.8, 4) is 0 Å². The first-order valence-corrected chi connectivity index (χ1v) is 14.8. The molecule has 2 fully saturated rings. The third-order valence-electron chi connectivity index (χ3n) is 6.97. The summed E-state index contributed by atoms with van der Waals surface area (Å²) in [4.78, 5) is 13.0. The van der Waals surface area contributed by atoms with Crippen LogP contribution in [-0.4, -0.2) is 86.2 Å². The lowest BCUT2D eigenvalue weighted by Gasteiger charge is -2.31. The molecule has 3 N–H and O–H groups in total. The molecule has 11 nitrogen and oxygen atoms in total. The highest BCUT2D eigenvalue weighted by molar-refractivity contribution is 7.89. The van der Waals surface area contributed by atoms with Gasteiger partial charge in [-0.25, -0.2) is 13.2 Å². The van der Waals surface area contributed by atoms with E-state index in [2.05, 4.69) is 10.5 Å².